The Kier molecular flexibility index (Phi) is 5.77. The van der Waals surface area contributed by atoms with E-state index < -0.39 is 0 Å². The van der Waals surface area contributed by atoms with Gasteiger partial charge in [-0.25, -0.2) is 0 Å². The van der Waals surface area contributed by atoms with Gasteiger partial charge in [0.2, 0.25) is 5.91 Å². The summed E-state index contributed by atoms with van der Waals surface area (Å²) in [4.78, 5) is 16.2. The van der Waals surface area contributed by atoms with Crippen LogP contribution in [0.1, 0.15) is 26.2 Å². The van der Waals surface area contributed by atoms with Crippen LogP contribution in [0.25, 0.3) is 0 Å². The second-order valence-corrected chi connectivity index (χ2v) is 4.52. The highest BCUT2D eigenvalue weighted by Crippen LogP contribution is 2.15. The van der Waals surface area contributed by atoms with E-state index in [1.54, 1.807) is 0 Å². The summed E-state index contributed by atoms with van der Waals surface area (Å²) in [5, 5.41) is 3.02. The number of nitrogens with one attached hydrogen (secondary N) is 1. The maximum Gasteiger partial charge on any atom is 0.223 e. The lowest BCUT2D eigenvalue weighted by Crippen LogP contribution is -2.45. The smallest absolute Gasteiger partial charge is 0.223 e. The van der Waals surface area contributed by atoms with Crippen LogP contribution in [-0.4, -0.2) is 62.0 Å². The van der Waals surface area contributed by atoms with Crippen molar-refractivity contribution in [1.82, 2.24) is 15.1 Å². The average molecular weight is 227 g/mol. The Labute approximate surface area is 99.0 Å². The third-order valence-corrected chi connectivity index (χ3v) is 3.53. The van der Waals surface area contributed by atoms with Gasteiger partial charge in [0.25, 0.3) is 0 Å². The molecular weight excluding hydrogens is 202 g/mol. The number of amides is 1. The lowest BCUT2D eigenvalue weighted by Gasteiger charge is -2.36. The first kappa shape index (κ1) is 13.5. The Balaban J connectivity index is 2.32. The number of hydrogen-bond acceptors (Lipinski definition) is 3. The number of piperidine rings is 1. The Hall–Kier alpha value is -0.610. The van der Waals surface area contributed by atoms with E-state index in [0.29, 0.717) is 12.5 Å². The molecule has 1 heterocycles. The number of carbonyl (C=O) groups is 1. The zero-order valence-electron chi connectivity index (χ0n) is 10.8. The molecule has 1 rings (SSSR count). The monoisotopic (exact) mass is 227 g/mol. The fourth-order valence-electron chi connectivity index (χ4n) is 2.23. The number of rotatable bonds is 5. The van der Waals surface area contributed by atoms with Crippen molar-refractivity contribution in [2.75, 3.05) is 40.3 Å². The Morgan fingerprint density at radius 2 is 2.06 bits per heavy atom. The van der Waals surface area contributed by atoms with Gasteiger partial charge in [-0.3, -0.25) is 4.79 Å². The number of hydrogen-bond donors (Lipinski definition) is 1. The molecule has 0 spiro atoms. The molecule has 0 aromatic rings. The van der Waals surface area contributed by atoms with E-state index in [4.69, 9.17) is 0 Å². The molecule has 1 N–H and O–H groups in total. The SMILES string of the molecule is CCN1CCC(N(C)C(=O)CCNC)CC1. The predicted molar refractivity (Wildman–Crippen MR) is 66.4 cm³/mol. The quantitative estimate of drug-likeness (QED) is 0.744. The van der Waals surface area contributed by atoms with Crippen LogP contribution in [0.5, 0.6) is 0 Å². The highest BCUT2D eigenvalue weighted by atomic mass is 16.2. The van der Waals surface area contributed by atoms with Crippen molar-refractivity contribution in [3.05, 3.63) is 0 Å². The van der Waals surface area contributed by atoms with Gasteiger partial charge < -0.3 is 15.1 Å². The molecule has 0 saturated carbocycles. The van der Waals surface area contributed by atoms with Gasteiger partial charge in [0, 0.05) is 39.1 Å². The van der Waals surface area contributed by atoms with Crippen molar-refractivity contribution < 1.29 is 4.79 Å². The van der Waals surface area contributed by atoms with Crippen LogP contribution in [0, 0.1) is 0 Å². The van der Waals surface area contributed by atoms with Gasteiger partial charge in [0.15, 0.2) is 0 Å². The molecule has 0 aliphatic carbocycles. The molecule has 0 aromatic heterocycles. The fourth-order valence-corrected chi connectivity index (χ4v) is 2.23. The van der Waals surface area contributed by atoms with Crippen molar-refractivity contribution in [2.24, 2.45) is 0 Å². The molecule has 1 amide bonds. The first-order valence-corrected chi connectivity index (χ1v) is 6.31. The summed E-state index contributed by atoms with van der Waals surface area (Å²) in [6.07, 6.45) is 2.85. The van der Waals surface area contributed by atoms with E-state index >= 15 is 0 Å². The molecule has 0 aromatic carbocycles. The van der Waals surface area contributed by atoms with Gasteiger partial charge in [0.1, 0.15) is 0 Å². The third kappa shape index (κ3) is 3.76. The van der Waals surface area contributed by atoms with Crippen LogP contribution >= 0.6 is 0 Å². The van der Waals surface area contributed by atoms with Gasteiger partial charge in [-0.2, -0.15) is 0 Å². The Morgan fingerprint density at radius 3 is 2.56 bits per heavy atom. The third-order valence-electron chi connectivity index (χ3n) is 3.53. The summed E-state index contributed by atoms with van der Waals surface area (Å²) in [5.41, 5.74) is 0. The Morgan fingerprint density at radius 1 is 1.44 bits per heavy atom. The summed E-state index contributed by atoms with van der Waals surface area (Å²) in [6.45, 7) is 6.36. The zero-order valence-corrected chi connectivity index (χ0v) is 10.8. The van der Waals surface area contributed by atoms with E-state index in [9.17, 15) is 4.79 Å². The molecule has 0 atom stereocenters. The molecule has 4 nitrogen and oxygen atoms in total. The molecule has 1 fully saturated rings. The van der Waals surface area contributed by atoms with Crippen molar-refractivity contribution >= 4 is 5.91 Å². The van der Waals surface area contributed by atoms with Gasteiger partial charge in [-0.1, -0.05) is 6.92 Å². The van der Waals surface area contributed by atoms with Crippen LogP contribution < -0.4 is 5.32 Å². The molecule has 0 radical (unpaired) electrons. The maximum absolute atomic E-state index is 11.8. The van der Waals surface area contributed by atoms with Gasteiger partial charge in [-0.05, 0) is 26.4 Å². The average Bonchev–Trinajstić information content (AvgIpc) is 2.35. The second-order valence-electron chi connectivity index (χ2n) is 4.52. The summed E-state index contributed by atoms with van der Waals surface area (Å²) < 4.78 is 0. The summed E-state index contributed by atoms with van der Waals surface area (Å²) in [6, 6.07) is 0.451. The molecule has 0 bridgehead atoms. The highest BCUT2D eigenvalue weighted by Gasteiger charge is 2.24. The molecule has 94 valence electrons. The van der Waals surface area contributed by atoms with Crippen molar-refractivity contribution in [1.29, 1.82) is 0 Å². The minimum atomic E-state index is 0.268. The van der Waals surface area contributed by atoms with Crippen LogP contribution in [0.3, 0.4) is 0 Å². The number of likely N-dealkylation sites (tertiary alicyclic amines) is 1. The topological polar surface area (TPSA) is 35.6 Å². The lowest BCUT2D eigenvalue weighted by atomic mass is 10.0. The molecule has 16 heavy (non-hydrogen) atoms. The van der Waals surface area contributed by atoms with E-state index in [2.05, 4.69) is 17.1 Å². The minimum Gasteiger partial charge on any atom is -0.343 e. The molecule has 1 aliphatic rings. The molecular formula is C12H25N3O. The normalized spacial score (nSPS) is 18.7. The minimum absolute atomic E-state index is 0.268. The maximum atomic E-state index is 11.8. The second kappa shape index (κ2) is 6.86. The molecule has 4 heteroatoms. The summed E-state index contributed by atoms with van der Waals surface area (Å²) in [5.74, 6) is 0.268. The van der Waals surface area contributed by atoms with Crippen molar-refractivity contribution in [3.8, 4) is 0 Å². The summed E-state index contributed by atoms with van der Waals surface area (Å²) >= 11 is 0. The zero-order chi connectivity index (χ0) is 12.0. The molecule has 1 saturated heterocycles. The van der Waals surface area contributed by atoms with Crippen LogP contribution in [0.15, 0.2) is 0 Å². The van der Waals surface area contributed by atoms with Crippen molar-refractivity contribution in [2.45, 2.75) is 32.2 Å². The predicted octanol–water partition coefficient (Wildman–Crippen LogP) is 0.539. The standard InChI is InChI=1S/C12H25N3O/c1-4-15-9-6-11(7-10-15)14(3)12(16)5-8-13-2/h11,13H,4-10H2,1-3H3. The van der Waals surface area contributed by atoms with Gasteiger partial charge >= 0.3 is 0 Å². The largest absolute Gasteiger partial charge is 0.343 e. The van der Waals surface area contributed by atoms with E-state index in [1.165, 1.54) is 0 Å². The lowest BCUT2D eigenvalue weighted by molar-refractivity contribution is -0.132. The van der Waals surface area contributed by atoms with Gasteiger partial charge in [-0.15, -0.1) is 0 Å². The van der Waals surface area contributed by atoms with Crippen LogP contribution in [0.4, 0.5) is 0 Å². The van der Waals surface area contributed by atoms with Gasteiger partial charge in [0.05, 0.1) is 0 Å². The van der Waals surface area contributed by atoms with Crippen molar-refractivity contribution in [3.63, 3.8) is 0 Å². The Bertz CT molecular complexity index is 212. The van der Waals surface area contributed by atoms with E-state index in [1.807, 2.05) is 19.0 Å². The summed E-state index contributed by atoms with van der Waals surface area (Å²) in [7, 11) is 3.83. The van der Waals surface area contributed by atoms with Crippen LogP contribution in [0.2, 0.25) is 0 Å². The molecule has 1 aliphatic heterocycles. The molecule has 0 unspecified atom stereocenters. The number of carbonyl (C=O) groups excluding carboxylic acids is 1. The number of nitrogens with zero attached hydrogens (tertiary/aromatic N) is 2. The fraction of sp³-hybridized carbons (Fsp3) is 0.917. The first-order chi connectivity index (χ1) is 7.69. The van der Waals surface area contributed by atoms with Crippen LogP contribution in [-0.2, 0) is 4.79 Å². The van der Waals surface area contributed by atoms with E-state index in [-0.39, 0.29) is 5.91 Å². The first-order valence-electron chi connectivity index (χ1n) is 6.31. The van der Waals surface area contributed by atoms with E-state index in [0.717, 1.165) is 39.0 Å². The highest BCUT2D eigenvalue weighted by molar-refractivity contribution is 5.76.